The minimum absolute atomic E-state index is 1.04. The first-order chi connectivity index (χ1) is 45.4. The van der Waals surface area contributed by atoms with Crippen molar-refractivity contribution in [3.8, 4) is 33.4 Å². The molecule has 12 rings (SSSR count). The molecule has 0 fully saturated rings. The van der Waals surface area contributed by atoms with Gasteiger partial charge in [-0.25, -0.2) is 0 Å². The molecule has 8 nitrogen and oxygen atoms in total. The molecular weight excluding hydrogens is 1220 g/mol. The Morgan fingerprint density at radius 3 is 0.606 bits per heavy atom. The first kappa shape index (κ1) is 64.6. The van der Waals surface area contributed by atoms with Crippen molar-refractivity contribution in [3.05, 3.63) is 315 Å². The van der Waals surface area contributed by atoms with Crippen LogP contribution in [0.2, 0.25) is 52.4 Å². The fourth-order valence-corrected chi connectivity index (χ4v) is 25.5. The largest absolute Gasteiger partial charge is 0.433 e. The topological polar surface area (TPSA) is 49.9 Å². The Hall–Kier alpha value is -9.45. The smallest absolute Gasteiger partial charge is 0.368 e. The number of para-hydroxylation sites is 4. The fraction of sp³-hybridized carbons (Fsp3) is 0.122. The van der Waals surface area contributed by atoms with Gasteiger partial charge in [0.25, 0.3) is 0 Å². The quantitative estimate of drug-likeness (QED) is 0.0587. The highest BCUT2D eigenvalue weighted by molar-refractivity contribution is 6.94. The summed E-state index contributed by atoms with van der Waals surface area (Å²) in [7, 11) is -5.76. The van der Waals surface area contributed by atoms with Gasteiger partial charge in [-0.1, -0.05) is 170 Å². The Bertz CT molecular complexity index is 4410. The van der Waals surface area contributed by atoms with Crippen LogP contribution in [0.25, 0.3) is 33.4 Å². The van der Waals surface area contributed by atoms with E-state index in [2.05, 4.69) is 381 Å². The van der Waals surface area contributed by atoms with E-state index >= 15 is 0 Å². The van der Waals surface area contributed by atoms with Crippen LogP contribution in [0.15, 0.2) is 315 Å². The van der Waals surface area contributed by atoms with E-state index in [0.717, 1.165) is 112 Å². The molecule has 94 heavy (non-hydrogen) atoms. The Morgan fingerprint density at radius 2 is 0.394 bits per heavy atom. The molecule has 12 aromatic rings. The minimum atomic E-state index is -2.76. The Labute approximate surface area is 560 Å². The number of rotatable bonds is 23. The van der Waals surface area contributed by atoms with Gasteiger partial charge in [-0.15, -0.1) is 0 Å². The summed E-state index contributed by atoms with van der Waals surface area (Å²) < 4.78 is 25.9. The van der Waals surface area contributed by atoms with E-state index in [9.17, 15) is 0 Å². The van der Waals surface area contributed by atoms with Crippen LogP contribution in [0.1, 0.15) is 0 Å². The minimum Gasteiger partial charge on any atom is -0.433 e. The second-order valence-corrected chi connectivity index (χ2v) is 41.6. The average molecular weight is 1300 g/mol. The van der Waals surface area contributed by atoms with Gasteiger partial charge in [0, 0.05) is 82.5 Å². The van der Waals surface area contributed by atoms with E-state index in [1.807, 2.05) is 6.07 Å². The third-order valence-electron chi connectivity index (χ3n) is 16.8. The van der Waals surface area contributed by atoms with Crippen LogP contribution in [0.3, 0.4) is 0 Å². The lowest BCUT2D eigenvalue weighted by molar-refractivity contribution is 0.265. The third-order valence-corrected chi connectivity index (χ3v) is 29.1. The molecule has 0 N–H and O–H groups in total. The lowest BCUT2D eigenvalue weighted by Crippen LogP contribution is -2.60. The molecule has 12 aromatic carbocycles. The highest BCUT2D eigenvalue weighted by atomic mass is 28.5. The van der Waals surface area contributed by atoms with Crippen molar-refractivity contribution in [2.75, 3.05) is 33.8 Å². The van der Waals surface area contributed by atoms with Gasteiger partial charge in [0.05, 0.1) is 0 Å². The Kier molecular flexibility index (Phi) is 19.3. The summed E-state index contributed by atoms with van der Waals surface area (Å²) in [6.07, 6.45) is 0. The summed E-state index contributed by atoms with van der Waals surface area (Å²) in [5.41, 5.74) is 19.6. The Balaban J connectivity index is 0.769. The van der Waals surface area contributed by atoms with Crippen molar-refractivity contribution in [1.82, 2.24) is 0 Å². The van der Waals surface area contributed by atoms with Gasteiger partial charge in [0.2, 0.25) is 0 Å². The van der Waals surface area contributed by atoms with Gasteiger partial charge in [-0.05, 0) is 242 Å². The van der Waals surface area contributed by atoms with Crippen LogP contribution >= 0.6 is 0 Å². The van der Waals surface area contributed by atoms with Crippen molar-refractivity contribution < 1.29 is 17.1 Å². The van der Waals surface area contributed by atoms with Crippen molar-refractivity contribution in [3.63, 3.8) is 0 Å². The molecule has 0 atom stereocenters. The summed E-state index contributed by atoms with van der Waals surface area (Å²) in [5, 5.41) is 2.22. The second kappa shape index (κ2) is 28.0. The fourth-order valence-electron chi connectivity index (χ4n) is 12.4. The molecule has 0 bridgehead atoms. The first-order valence-corrected chi connectivity index (χ1v) is 43.6. The maximum Gasteiger partial charge on any atom is 0.368 e. The molecule has 0 aliphatic heterocycles. The van der Waals surface area contributed by atoms with Gasteiger partial charge in [-0.2, -0.15) is 0 Å². The normalized spacial score (nSPS) is 11.9. The van der Waals surface area contributed by atoms with Crippen LogP contribution in [0, 0.1) is 0 Å². The summed E-state index contributed by atoms with van der Waals surface area (Å²) >= 11 is 0. The SMILES string of the molecule is CO[Si](C)(OC)c1cccc(N(c2ccccc2)c2ccc(-c3ccc(N(c4ccccc4)c4ccc(-c5ccc(N(c6ccccc6)c6ccc(-c7ccc(N(c8ccccc8)c8cccc([Si](C)(O[Si](C)(C)C)O[Si](C)(C)C)c8)cc7)cc6)cc5)cc4)cc3)cc2)c1. The standard InChI is InChI=1S/C82H82N4O4Si4/c1-87-93(9,88-2)81-35-23-33-79(61-81)85(71-29-19-13-20-30-71)77-57-45-67(46-58-77)65-41-53-75(54-42-65)83(69-25-15-11-16-26-69)73-49-37-63(38-50-73)64-39-51-74(52-40-64)84(70-27-17-12-18-28-70)76-55-43-66(44-56-76)68-47-59-78(60-48-68)86(72-31-21-14-22-32-72)80-34-24-36-82(62-80)94(10,89-91(3,4)5)90-92(6,7)8/h11-62H,1-10H3. The molecule has 0 saturated carbocycles. The zero-order chi connectivity index (χ0) is 65.5. The predicted octanol–water partition coefficient (Wildman–Crippen LogP) is 22.1. The molecule has 12 heteroatoms. The maximum absolute atomic E-state index is 7.02. The number of nitrogens with zero attached hydrogens (tertiary/aromatic N) is 4. The van der Waals surface area contributed by atoms with Gasteiger partial charge < -0.3 is 36.7 Å². The zero-order valence-electron chi connectivity index (χ0n) is 55.4. The molecule has 0 heterocycles. The van der Waals surface area contributed by atoms with E-state index in [1.54, 1.807) is 14.2 Å². The molecule has 0 unspecified atom stereocenters. The van der Waals surface area contributed by atoms with Gasteiger partial charge in [-0.3, -0.25) is 0 Å². The highest BCUT2D eigenvalue weighted by Gasteiger charge is 2.42. The van der Waals surface area contributed by atoms with Crippen molar-refractivity contribution in [2.24, 2.45) is 0 Å². The summed E-state index contributed by atoms with van der Waals surface area (Å²) in [5.74, 6) is 0. The van der Waals surface area contributed by atoms with Crippen LogP contribution in [-0.2, 0) is 17.1 Å². The van der Waals surface area contributed by atoms with E-state index in [4.69, 9.17) is 17.1 Å². The molecule has 0 aromatic heterocycles. The van der Waals surface area contributed by atoms with Crippen LogP contribution in [0.5, 0.6) is 0 Å². The van der Waals surface area contributed by atoms with E-state index in [1.165, 1.54) is 0 Å². The number of benzene rings is 12. The van der Waals surface area contributed by atoms with Gasteiger partial charge in [0.1, 0.15) is 0 Å². The second-order valence-electron chi connectivity index (χ2n) is 25.8. The zero-order valence-corrected chi connectivity index (χ0v) is 59.4. The lowest BCUT2D eigenvalue weighted by Gasteiger charge is -2.39. The van der Waals surface area contributed by atoms with Crippen molar-refractivity contribution in [2.45, 2.75) is 52.4 Å². The van der Waals surface area contributed by atoms with Crippen LogP contribution in [0.4, 0.5) is 68.2 Å². The van der Waals surface area contributed by atoms with Gasteiger partial charge >= 0.3 is 17.1 Å². The predicted molar refractivity (Wildman–Crippen MR) is 407 cm³/mol. The molecule has 0 radical (unpaired) electrons. The summed E-state index contributed by atoms with van der Waals surface area (Å²) in [4.78, 5) is 9.26. The average Bonchev–Trinajstić information content (AvgIpc) is 0.871. The van der Waals surface area contributed by atoms with E-state index in [0.29, 0.717) is 0 Å². The molecular formula is C82H82N4O4Si4. The third kappa shape index (κ3) is 14.8. The Morgan fingerprint density at radius 1 is 0.202 bits per heavy atom. The monoisotopic (exact) mass is 1300 g/mol. The molecule has 470 valence electrons. The lowest BCUT2D eigenvalue weighted by atomic mass is 10.0. The molecule has 0 spiro atoms. The highest BCUT2D eigenvalue weighted by Crippen LogP contribution is 2.42. The number of hydrogen-bond donors (Lipinski definition) is 0. The summed E-state index contributed by atoms with van der Waals surface area (Å²) in [6.45, 7) is 17.9. The number of anilines is 12. The molecule has 0 amide bonds. The van der Waals surface area contributed by atoms with Crippen LogP contribution < -0.4 is 30.0 Å². The van der Waals surface area contributed by atoms with Crippen molar-refractivity contribution in [1.29, 1.82) is 0 Å². The summed E-state index contributed by atoms with van der Waals surface area (Å²) in [6, 6.07) is 113. The number of hydrogen-bond acceptors (Lipinski definition) is 8. The van der Waals surface area contributed by atoms with Gasteiger partial charge in [0.15, 0.2) is 16.6 Å². The molecule has 0 aliphatic rings. The van der Waals surface area contributed by atoms with Crippen molar-refractivity contribution >= 4 is 112 Å². The van der Waals surface area contributed by atoms with Crippen LogP contribution in [-0.4, -0.2) is 48.0 Å². The molecule has 0 saturated heterocycles. The van der Waals surface area contributed by atoms with E-state index in [-0.39, 0.29) is 0 Å². The first-order valence-electron chi connectivity index (χ1n) is 32.2. The van der Waals surface area contributed by atoms with E-state index < -0.39 is 33.8 Å². The maximum atomic E-state index is 7.02. The molecule has 0 aliphatic carbocycles.